The van der Waals surface area contributed by atoms with Gasteiger partial charge in [-0.2, -0.15) is 5.26 Å². The molecule has 1 N–H and O–H groups in total. The molecule has 4 aromatic rings. The number of rotatable bonds is 1. The van der Waals surface area contributed by atoms with E-state index in [1.54, 1.807) is 18.2 Å². The molecule has 0 saturated heterocycles. The highest BCUT2D eigenvalue weighted by Crippen LogP contribution is 2.28. The molecule has 3 aromatic carbocycles. The number of phenols is 1. The van der Waals surface area contributed by atoms with Crippen molar-refractivity contribution in [1.29, 1.82) is 5.26 Å². The first kappa shape index (κ1) is 15.8. The fourth-order valence-corrected chi connectivity index (χ4v) is 3.37. The third-order valence-corrected chi connectivity index (χ3v) is 4.58. The largest absolute Gasteiger partial charge is 0.508 e. The van der Waals surface area contributed by atoms with Crippen molar-refractivity contribution in [3.63, 3.8) is 0 Å². The molecule has 1 aromatic heterocycles. The average molecular weight is 336 g/mol. The van der Waals surface area contributed by atoms with Crippen molar-refractivity contribution >= 4 is 21.7 Å². The lowest BCUT2D eigenvalue weighted by Crippen LogP contribution is -1.98. The molecule has 0 saturated carbocycles. The average Bonchev–Trinajstić information content (AvgIpc) is 2.97. The molecule has 0 amide bonds. The number of phenolic OH excluding ortho intramolecular Hbond substituents is 1. The molecule has 1 heterocycles. The maximum atomic E-state index is 9.82. The van der Waals surface area contributed by atoms with E-state index >= 15 is 0 Å². The number of hydrogen-bond donors (Lipinski definition) is 1. The fourth-order valence-electron chi connectivity index (χ4n) is 3.37. The highest BCUT2D eigenvalue weighted by atomic mass is 16.3. The molecule has 4 rings (SSSR count). The standard InChI is InChI=1S/C23H16N2O/c1-2-25-22(21(15-24)20-12-11-18(26)14-23(20)25)13-10-17-8-5-7-16-6-3-4-9-19(16)17/h3-9,11-12,14,26H,2H2,1H3. The SMILES string of the molecule is CCn1c(C#Cc2cccc3ccccc23)c(C#N)c2ccc(O)cc21. The highest BCUT2D eigenvalue weighted by molar-refractivity contribution is 5.91. The first-order valence-electron chi connectivity index (χ1n) is 8.48. The molecule has 0 fully saturated rings. The number of fused-ring (bicyclic) bond motifs is 2. The lowest BCUT2D eigenvalue weighted by Gasteiger charge is -2.03. The summed E-state index contributed by atoms with van der Waals surface area (Å²) in [6.45, 7) is 2.68. The Morgan fingerprint density at radius 1 is 0.962 bits per heavy atom. The van der Waals surface area contributed by atoms with Gasteiger partial charge in [0.2, 0.25) is 0 Å². The Balaban J connectivity index is 1.96. The molecule has 26 heavy (non-hydrogen) atoms. The second-order valence-electron chi connectivity index (χ2n) is 6.06. The smallest absolute Gasteiger partial charge is 0.117 e. The van der Waals surface area contributed by atoms with Crippen molar-refractivity contribution < 1.29 is 5.11 Å². The lowest BCUT2D eigenvalue weighted by atomic mass is 10.0. The van der Waals surface area contributed by atoms with E-state index in [-0.39, 0.29) is 5.75 Å². The van der Waals surface area contributed by atoms with Gasteiger partial charge >= 0.3 is 0 Å². The number of aromatic nitrogens is 1. The zero-order valence-corrected chi connectivity index (χ0v) is 14.3. The highest BCUT2D eigenvalue weighted by Gasteiger charge is 2.15. The van der Waals surface area contributed by atoms with Gasteiger partial charge in [0.1, 0.15) is 17.5 Å². The Bertz CT molecular complexity index is 1240. The molecular formula is C23H16N2O. The summed E-state index contributed by atoms with van der Waals surface area (Å²) in [7, 11) is 0. The molecule has 0 unspecified atom stereocenters. The van der Waals surface area contributed by atoms with Gasteiger partial charge in [0, 0.05) is 23.6 Å². The van der Waals surface area contributed by atoms with Crippen LogP contribution in [0.25, 0.3) is 21.7 Å². The Labute approximate surface area is 151 Å². The maximum Gasteiger partial charge on any atom is 0.117 e. The minimum Gasteiger partial charge on any atom is -0.508 e. The monoisotopic (exact) mass is 336 g/mol. The topological polar surface area (TPSA) is 49.0 Å². The summed E-state index contributed by atoms with van der Waals surface area (Å²) in [4.78, 5) is 0. The third-order valence-electron chi connectivity index (χ3n) is 4.58. The van der Waals surface area contributed by atoms with Crippen LogP contribution >= 0.6 is 0 Å². The van der Waals surface area contributed by atoms with Crippen LogP contribution in [0.2, 0.25) is 0 Å². The minimum atomic E-state index is 0.183. The summed E-state index contributed by atoms with van der Waals surface area (Å²) in [6, 6.07) is 21.5. The summed E-state index contributed by atoms with van der Waals surface area (Å²) in [5.74, 6) is 6.64. The zero-order chi connectivity index (χ0) is 18.1. The van der Waals surface area contributed by atoms with Crippen LogP contribution in [-0.4, -0.2) is 9.67 Å². The van der Waals surface area contributed by atoms with E-state index in [2.05, 4.69) is 36.1 Å². The fraction of sp³-hybridized carbons (Fsp3) is 0.0870. The van der Waals surface area contributed by atoms with Crippen LogP contribution in [0.15, 0.2) is 60.7 Å². The Hall–Kier alpha value is -3.69. The van der Waals surface area contributed by atoms with Crippen LogP contribution in [0, 0.1) is 23.2 Å². The molecule has 0 spiro atoms. The molecule has 0 radical (unpaired) electrons. The molecule has 3 nitrogen and oxygen atoms in total. The van der Waals surface area contributed by atoms with Gasteiger partial charge < -0.3 is 9.67 Å². The van der Waals surface area contributed by atoms with Crippen LogP contribution < -0.4 is 0 Å². The first-order chi connectivity index (χ1) is 12.7. The second kappa shape index (κ2) is 6.31. The van der Waals surface area contributed by atoms with Crippen molar-refractivity contribution in [2.24, 2.45) is 0 Å². The van der Waals surface area contributed by atoms with E-state index < -0.39 is 0 Å². The number of benzene rings is 3. The summed E-state index contributed by atoms with van der Waals surface area (Å²) in [6.07, 6.45) is 0. The summed E-state index contributed by atoms with van der Waals surface area (Å²) in [5, 5.41) is 22.5. The Kier molecular flexibility index (Phi) is 3.84. The van der Waals surface area contributed by atoms with Crippen LogP contribution in [0.3, 0.4) is 0 Å². The molecule has 124 valence electrons. The third kappa shape index (κ3) is 2.48. The molecule has 0 atom stereocenters. The van der Waals surface area contributed by atoms with E-state index in [0.717, 1.165) is 27.2 Å². The first-order valence-corrected chi connectivity index (χ1v) is 8.48. The van der Waals surface area contributed by atoms with Gasteiger partial charge in [0.25, 0.3) is 0 Å². The van der Waals surface area contributed by atoms with Crippen molar-refractivity contribution in [3.05, 3.63) is 77.5 Å². The predicted molar refractivity (Wildman–Crippen MR) is 104 cm³/mol. The van der Waals surface area contributed by atoms with Gasteiger partial charge in [-0.15, -0.1) is 0 Å². The van der Waals surface area contributed by atoms with E-state index in [9.17, 15) is 10.4 Å². The second-order valence-corrected chi connectivity index (χ2v) is 6.06. The number of aromatic hydroxyl groups is 1. The summed E-state index contributed by atoms with van der Waals surface area (Å²) >= 11 is 0. The van der Waals surface area contributed by atoms with Crippen molar-refractivity contribution in [2.45, 2.75) is 13.5 Å². The minimum absolute atomic E-state index is 0.183. The molecule has 0 bridgehead atoms. The summed E-state index contributed by atoms with van der Waals surface area (Å²) < 4.78 is 1.98. The Morgan fingerprint density at radius 2 is 1.77 bits per heavy atom. The van der Waals surface area contributed by atoms with Crippen molar-refractivity contribution in [1.82, 2.24) is 4.57 Å². The molecular weight excluding hydrogens is 320 g/mol. The van der Waals surface area contributed by atoms with Crippen LogP contribution in [0.4, 0.5) is 0 Å². The number of aryl methyl sites for hydroxylation is 1. The quantitative estimate of drug-likeness (QED) is 0.508. The van der Waals surface area contributed by atoms with Gasteiger partial charge in [0.05, 0.1) is 11.1 Å². The molecule has 0 aliphatic carbocycles. The van der Waals surface area contributed by atoms with E-state index in [0.29, 0.717) is 17.8 Å². The molecule has 0 aliphatic heterocycles. The normalized spacial score (nSPS) is 10.5. The number of nitrogens with zero attached hydrogens (tertiary/aromatic N) is 2. The van der Waals surface area contributed by atoms with E-state index in [4.69, 9.17) is 0 Å². The number of hydrogen-bond acceptors (Lipinski definition) is 2. The zero-order valence-electron chi connectivity index (χ0n) is 14.3. The van der Waals surface area contributed by atoms with Gasteiger partial charge in [-0.05, 0) is 41.8 Å². The van der Waals surface area contributed by atoms with Crippen LogP contribution in [-0.2, 0) is 6.54 Å². The lowest BCUT2D eigenvalue weighted by molar-refractivity contribution is 0.476. The molecule has 0 aliphatic rings. The van der Waals surface area contributed by atoms with Gasteiger partial charge in [0.15, 0.2) is 0 Å². The van der Waals surface area contributed by atoms with Gasteiger partial charge in [-0.1, -0.05) is 42.3 Å². The number of nitriles is 1. The van der Waals surface area contributed by atoms with Crippen LogP contribution in [0.1, 0.15) is 23.7 Å². The van der Waals surface area contributed by atoms with Crippen LogP contribution in [0.5, 0.6) is 5.75 Å². The van der Waals surface area contributed by atoms with E-state index in [1.807, 2.05) is 35.8 Å². The van der Waals surface area contributed by atoms with Gasteiger partial charge in [-0.25, -0.2) is 0 Å². The summed E-state index contributed by atoms with van der Waals surface area (Å²) in [5.41, 5.74) is 2.99. The Morgan fingerprint density at radius 3 is 2.58 bits per heavy atom. The molecule has 3 heteroatoms. The van der Waals surface area contributed by atoms with Gasteiger partial charge in [-0.3, -0.25) is 0 Å². The van der Waals surface area contributed by atoms with Crippen molar-refractivity contribution in [3.8, 4) is 23.7 Å². The van der Waals surface area contributed by atoms with Crippen molar-refractivity contribution in [2.75, 3.05) is 0 Å². The predicted octanol–water partition coefficient (Wildman–Crippen LogP) is 4.79. The maximum absolute atomic E-state index is 9.82. The van der Waals surface area contributed by atoms with E-state index in [1.165, 1.54) is 0 Å².